The molecule has 2 aliphatic rings. The third-order valence-electron chi connectivity index (χ3n) is 5.84. The van der Waals surface area contributed by atoms with Gasteiger partial charge in [0.1, 0.15) is 11.8 Å². The summed E-state index contributed by atoms with van der Waals surface area (Å²) in [6.07, 6.45) is 5.48. The Hall–Kier alpha value is -4.33. The molecule has 0 saturated carbocycles. The lowest BCUT2D eigenvalue weighted by Crippen LogP contribution is -2.41. The minimum Gasteiger partial charge on any atom is -0.508 e. The first-order valence-corrected chi connectivity index (χ1v) is 10.6. The lowest BCUT2D eigenvalue weighted by atomic mass is 10.1. The van der Waals surface area contributed by atoms with Gasteiger partial charge in [0.25, 0.3) is 11.8 Å². The Kier molecular flexibility index (Phi) is 5.18. The Balaban J connectivity index is 1.36. The standard InChI is InChI=1S/C25H21N3O5/c29-18-8-5-15(6-9-18)3-4-16-7-10-20-19(12-16)25(32)28-14-17(13-21(28)23(30)27-20)26-24(31)22-2-1-11-33-22/h1-12,17,21,29H,13-14H2,(H,26,31)(H,27,30)/b4-3+/t17-,21-/m0/s1. The van der Waals surface area contributed by atoms with Crippen LogP contribution in [0.15, 0.2) is 65.3 Å². The van der Waals surface area contributed by atoms with E-state index in [0.29, 0.717) is 17.7 Å². The predicted octanol–water partition coefficient (Wildman–Crippen LogP) is 3.12. The number of carbonyl (C=O) groups excluding carboxylic acids is 3. The van der Waals surface area contributed by atoms with Crippen LogP contribution in [-0.4, -0.2) is 46.4 Å². The number of nitrogens with one attached hydrogen (secondary N) is 2. The molecule has 0 unspecified atom stereocenters. The summed E-state index contributed by atoms with van der Waals surface area (Å²) >= 11 is 0. The minimum absolute atomic E-state index is 0.184. The highest BCUT2D eigenvalue weighted by Crippen LogP contribution is 2.30. The number of anilines is 1. The number of phenolic OH excluding ortho intramolecular Hbond substituents is 1. The van der Waals surface area contributed by atoms with Crippen molar-refractivity contribution in [2.45, 2.75) is 18.5 Å². The van der Waals surface area contributed by atoms with Crippen LogP contribution in [-0.2, 0) is 4.79 Å². The van der Waals surface area contributed by atoms with Gasteiger partial charge in [0, 0.05) is 12.6 Å². The van der Waals surface area contributed by atoms with E-state index in [9.17, 15) is 19.5 Å². The summed E-state index contributed by atoms with van der Waals surface area (Å²) in [6.45, 7) is 0.233. The van der Waals surface area contributed by atoms with E-state index in [2.05, 4.69) is 10.6 Å². The Bertz CT molecular complexity index is 1250. The molecule has 3 aromatic rings. The first-order chi connectivity index (χ1) is 16.0. The van der Waals surface area contributed by atoms with E-state index in [4.69, 9.17) is 4.42 Å². The number of aromatic hydroxyl groups is 1. The Labute approximate surface area is 189 Å². The number of hydrogen-bond donors (Lipinski definition) is 3. The first kappa shape index (κ1) is 20.6. The molecule has 0 bridgehead atoms. The molecule has 1 aromatic heterocycles. The number of carbonyl (C=O) groups is 3. The zero-order valence-corrected chi connectivity index (χ0v) is 17.5. The summed E-state index contributed by atoms with van der Waals surface area (Å²) in [5.41, 5.74) is 2.57. The molecule has 2 atom stereocenters. The average Bonchev–Trinajstić information content (AvgIpc) is 3.48. The lowest BCUT2D eigenvalue weighted by molar-refractivity contribution is -0.119. The van der Waals surface area contributed by atoms with Gasteiger partial charge in [-0.15, -0.1) is 0 Å². The number of furan rings is 1. The number of phenols is 1. The summed E-state index contributed by atoms with van der Waals surface area (Å²) in [5, 5.41) is 15.1. The second kappa shape index (κ2) is 8.31. The molecule has 0 aliphatic carbocycles. The van der Waals surface area contributed by atoms with Crippen LogP contribution < -0.4 is 10.6 Å². The maximum absolute atomic E-state index is 13.3. The van der Waals surface area contributed by atoms with E-state index in [0.717, 1.165) is 11.1 Å². The molecule has 2 aromatic carbocycles. The quantitative estimate of drug-likeness (QED) is 0.537. The van der Waals surface area contributed by atoms with Crippen LogP contribution >= 0.6 is 0 Å². The Morgan fingerprint density at radius 1 is 1.09 bits per heavy atom. The fraction of sp³-hybridized carbons (Fsp3) is 0.160. The molecule has 1 fully saturated rings. The zero-order chi connectivity index (χ0) is 22.9. The molecule has 3 amide bonds. The molecule has 33 heavy (non-hydrogen) atoms. The smallest absolute Gasteiger partial charge is 0.287 e. The number of hydrogen-bond acceptors (Lipinski definition) is 5. The molecule has 166 valence electrons. The third-order valence-corrected chi connectivity index (χ3v) is 5.84. The van der Waals surface area contributed by atoms with E-state index < -0.39 is 6.04 Å². The van der Waals surface area contributed by atoms with Gasteiger partial charge in [0.15, 0.2) is 5.76 Å². The monoisotopic (exact) mass is 443 g/mol. The van der Waals surface area contributed by atoms with Crippen molar-refractivity contribution in [3.05, 3.63) is 83.3 Å². The summed E-state index contributed by atoms with van der Waals surface area (Å²) < 4.78 is 5.12. The lowest BCUT2D eigenvalue weighted by Gasteiger charge is -2.20. The van der Waals surface area contributed by atoms with Gasteiger partial charge in [-0.1, -0.05) is 30.4 Å². The van der Waals surface area contributed by atoms with Gasteiger partial charge >= 0.3 is 0 Å². The van der Waals surface area contributed by atoms with Crippen molar-refractivity contribution in [2.24, 2.45) is 0 Å². The highest BCUT2D eigenvalue weighted by atomic mass is 16.3. The summed E-state index contributed by atoms with van der Waals surface area (Å²) in [4.78, 5) is 40.0. The largest absolute Gasteiger partial charge is 0.508 e. The van der Waals surface area contributed by atoms with E-state index in [1.165, 1.54) is 11.2 Å². The number of fused-ring (bicyclic) bond motifs is 2. The molecule has 3 heterocycles. The van der Waals surface area contributed by atoms with Crippen molar-refractivity contribution in [3.8, 4) is 5.75 Å². The van der Waals surface area contributed by atoms with Gasteiger partial charge in [-0.05, 0) is 53.9 Å². The van der Waals surface area contributed by atoms with E-state index in [-0.39, 0.29) is 41.8 Å². The topological polar surface area (TPSA) is 112 Å². The molecule has 0 radical (unpaired) electrons. The predicted molar refractivity (Wildman–Crippen MR) is 122 cm³/mol. The molecular weight excluding hydrogens is 422 g/mol. The van der Waals surface area contributed by atoms with Crippen LogP contribution in [0, 0.1) is 0 Å². The minimum atomic E-state index is -0.664. The van der Waals surface area contributed by atoms with Gasteiger partial charge in [-0.2, -0.15) is 0 Å². The molecule has 1 saturated heterocycles. The van der Waals surface area contributed by atoms with Crippen molar-refractivity contribution < 1.29 is 23.9 Å². The number of rotatable bonds is 4. The van der Waals surface area contributed by atoms with E-state index in [1.54, 1.807) is 48.5 Å². The Morgan fingerprint density at radius 2 is 1.85 bits per heavy atom. The second-order valence-corrected chi connectivity index (χ2v) is 8.08. The van der Waals surface area contributed by atoms with Crippen molar-refractivity contribution in [1.29, 1.82) is 0 Å². The van der Waals surface area contributed by atoms with Gasteiger partial charge in [0.2, 0.25) is 5.91 Å². The number of benzene rings is 2. The molecule has 0 spiro atoms. The van der Waals surface area contributed by atoms with Crippen molar-refractivity contribution >= 4 is 35.6 Å². The van der Waals surface area contributed by atoms with E-state index >= 15 is 0 Å². The summed E-state index contributed by atoms with van der Waals surface area (Å²) in [6, 6.07) is 14.2. The second-order valence-electron chi connectivity index (χ2n) is 8.08. The summed E-state index contributed by atoms with van der Waals surface area (Å²) in [5.74, 6) is -0.537. The SMILES string of the molecule is O=C(N[C@H]1C[C@H]2C(=O)Nc3ccc(/C=C/c4ccc(O)cc4)cc3C(=O)N2C1)c1ccco1. The van der Waals surface area contributed by atoms with Gasteiger partial charge in [0.05, 0.1) is 17.5 Å². The van der Waals surface area contributed by atoms with Crippen LogP contribution in [0.25, 0.3) is 12.2 Å². The summed E-state index contributed by atoms with van der Waals surface area (Å²) in [7, 11) is 0. The van der Waals surface area contributed by atoms with Gasteiger partial charge < -0.3 is 25.1 Å². The molecular formula is C25H21N3O5. The van der Waals surface area contributed by atoms with E-state index in [1.807, 2.05) is 18.2 Å². The fourth-order valence-electron chi connectivity index (χ4n) is 4.18. The first-order valence-electron chi connectivity index (χ1n) is 10.6. The number of amides is 3. The molecule has 2 aliphatic heterocycles. The zero-order valence-electron chi connectivity index (χ0n) is 17.5. The maximum atomic E-state index is 13.3. The van der Waals surface area contributed by atoms with Crippen LogP contribution in [0.4, 0.5) is 5.69 Å². The molecule has 5 rings (SSSR count). The highest BCUT2D eigenvalue weighted by Gasteiger charge is 2.43. The van der Waals surface area contributed by atoms with Crippen LogP contribution in [0.1, 0.15) is 38.5 Å². The van der Waals surface area contributed by atoms with Crippen LogP contribution in [0.5, 0.6) is 5.75 Å². The Morgan fingerprint density at radius 3 is 2.61 bits per heavy atom. The average molecular weight is 443 g/mol. The maximum Gasteiger partial charge on any atom is 0.287 e. The third kappa shape index (κ3) is 4.10. The van der Waals surface area contributed by atoms with Gasteiger partial charge in [-0.3, -0.25) is 14.4 Å². The number of nitrogens with zero attached hydrogens (tertiary/aromatic N) is 1. The van der Waals surface area contributed by atoms with Gasteiger partial charge in [-0.25, -0.2) is 0 Å². The molecule has 3 N–H and O–H groups in total. The van der Waals surface area contributed by atoms with Crippen molar-refractivity contribution in [1.82, 2.24) is 10.2 Å². The molecule has 8 nitrogen and oxygen atoms in total. The van der Waals surface area contributed by atoms with Crippen molar-refractivity contribution in [3.63, 3.8) is 0 Å². The highest BCUT2D eigenvalue weighted by molar-refractivity contribution is 6.10. The van der Waals surface area contributed by atoms with Crippen molar-refractivity contribution in [2.75, 3.05) is 11.9 Å². The fourth-order valence-corrected chi connectivity index (χ4v) is 4.18. The normalized spacial score (nSPS) is 19.7. The molecule has 8 heteroatoms. The van der Waals surface area contributed by atoms with Crippen LogP contribution in [0.3, 0.4) is 0 Å². The van der Waals surface area contributed by atoms with Crippen LogP contribution in [0.2, 0.25) is 0 Å².